The first kappa shape index (κ1) is 12.9. The first-order valence-electron chi connectivity index (χ1n) is 4.69. The molecule has 13 heavy (non-hydrogen) atoms. The van der Waals surface area contributed by atoms with Crippen LogP contribution in [0.3, 0.4) is 0 Å². The summed E-state index contributed by atoms with van der Waals surface area (Å²) in [5, 5.41) is 0. The fourth-order valence-corrected chi connectivity index (χ4v) is 2.44. The molecular weight excluding hydrogens is 188 g/mol. The predicted molar refractivity (Wildman–Crippen MR) is 54.9 cm³/mol. The van der Waals surface area contributed by atoms with E-state index in [9.17, 15) is 8.42 Å². The minimum Gasteiger partial charge on any atom is -0.330 e. The van der Waals surface area contributed by atoms with E-state index in [4.69, 9.17) is 5.73 Å². The van der Waals surface area contributed by atoms with Crippen LogP contribution in [0.15, 0.2) is 0 Å². The maximum Gasteiger partial charge on any atom is 0.211 e. The van der Waals surface area contributed by atoms with Gasteiger partial charge in [-0.25, -0.2) is 13.1 Å². The molecule has 5 heteroatoms. The van der Waals surface area contributed by atoms with Gasteiger partial charge in [-0.05, 0) is 18.9 Å². The van der Waals surface area contributed by atoms with Crippen LogP contribution < -0.4 is 10.5 Å². The van der Waals surface area contributed by atoms with Crippen LogP contribution in [-0.4, -0.2) is 27.3 Å². The number of sulfonamides is 1. The molecule has 0 aliphatic heterocycles. The van der Waals surface area contributed by atoms with Crippen LogP contribution in [0.4, 0.5) is 0 Å². The van der Waals surface area contributed by atoms with Gasteiger partial charge >= 0.3 is 0 Å². The third kappa shape index (κ3) is 6.98. The first-order chi connectivity index (χ1) is 6.02. The zero-order chi connectivity index (χ0) is 10.3. The third-order valence-corrected chi connectivity index (χ3v) is 3.56. The summed E-state index contributed by atoms with van der Waals surface area (Å²) in [7, 11) is -3.07. The minimum atomic E-state index is -3.07. The zero-order valence-electron chi connectivity index (χ0n) is 8.41. The van der Waals surface area contributed by atoms with Crippen molar-refractivity contribution in [3.63, 3.8) is 0 Å². The molecule has 1 unspecified atom stereocenters. The molecule has 0 heterocycles. The Labute approximate surface area is 80.9 Å². The quantitative estimate of drug-likeness (QED) is 0.591. The average Bonchev–Trinajstić information content (AvgIpc) is 2.03. The molecule has 0 aliphatic carbocycles. The van der Waals surface area contributed by atoms with Crippen molar-refractivity contribution in [3.05, 3.63) is 0 Å². The molecule has 4 nitrogen and oxygen atoms in total. The van der Waals surface area contributed by atoms with Crippen molar-refractivity contribution in [3.8, 4) is 0 Å². The maximum atomic E-state index is 11.3. The summed E-state index contributed by atoms with van der Waals surface area (Å²) in [6, 6.07) is 0. The summed E-state index contributed by atoms with van der Waals surface area (Å²) in [6.07, 6.45) is 1.58. The van der Waals surface area contributed by atoms with E-state index in [-0.39, 0.29) is 11.7 Å². The van der Waals surface area contributed by atoms with Crippen LogP contribution in [0.2, 0.25) is 0 Å². The van der Waals surface area contributed by atoms with Crippen LogP contribution in [0.25, 0.3) is 0 Å². The summed E-state index contributed by atoms with van der Waals surface area (Å²) in [6.45, 7) is 4.89. The highest BCUT2D eigenvalue weighted by Crippen LogP contribution is 2.03. The summed E-state index contributed by atoms with van der Waals surface area (Å²) < 4.78 is 25.2. The van der Waals surface area contributed by atoms with E-state index in [1.807, 2.05) is 13.8 Å². The van der Waals surface area contributed by atoms with E-state index in [0.717, 1.165) is 6.42 Å². The van der Waals surface area contributed by atoms with Crippen molar-refractivity contribution in [1.29, 1.82) is 0 Å². The molecule has 1 atom stereocenters. The van der Waals surface area contributed by atoms with Gasteiger partial charge in [0.2, 0.25) is 10.0 Å². The van der Waals surface area contributed by atoms with Crippen LogP contribution in [-0.2, 0) is 10.0 Å². The Hall–Kier alpha value is -0.130. The molecule has 0 aliphatic rings. The molecule has 3 N–H and O–H groups in total. The fourth-order valence-electron chi connectivity index (χ4n) is 0.881. The molecule has 0 fully saturated rings. The molecule has 0 aromatic heterocycles. The van der Waals surface area contributed by atoms with Crippen LogP contribution in [0, 0.1) is 5.92 Å². The number of hydrogen-bond acceptors (Lipinski definition) is 3. The van der Waals surface area contributed by atoms with E-state index in [1.54, 1.807) is 0 Å². The van der Waals surface area contributed by atoms with E-state index in [1.165, 1.54) is 0 Å². The van der Waals surface area contributed by atoms with E-state index < -0.39 is 10.0 Å². The predicted octanol–water partition coefficient (Wildman–Crippen LogP) is 0.301. The summed E-state index contributed by atoms with van der Waals surface area (Å²) in [5.74, 6) is 0.434. The second kappa shape index (κ2) is 6.34. The van der Waals surface area contributed by atoms with Crippen molar-refractivity contribution in [2.24, 2.45) is 11.7 Å². The first-order valence-corrected chi connectivity index (χ1v) is 6.34. The zero-order valence-corrected chi connectivity index (χ0v) is 9.23. The molecule has 0 aromatic rings. The molecule has 0 spiro atoms. The fraction of sp³-hybridized carbons (Fsp3) is 1.00. The van der Waals surface area contributed by atoms with Gasteiger partial charge in [-0.2, -0.15) is 0 Å². The maximum absolute atomic E-state index is 11.3. The van der Waals surface area contributed by atoms with Crippen molar-refractivity contribution < 1.29 is 8.42 Å². The van der Waals surface area contributed by atoms with Gasteiger partial charge in [0.25, 0.3) is 0 Å². The molecule has 0 rings (SSSR count). The normalized spacial score (nSPS) is 14.4. The summed E-state index contributed by atoms with van der Waals surface area (Å²) in [5.41, 5.74) is 5.25. The lowest BCUT2D eigenvalue weighted by Gasteiger charge is -2.09. The van der Waals surface area contributed by atoms with E-state index in [0.29, 0.717) is 19.5 Å². The Bertz CT molecular complexity index is 214. The van der Waals surface area contributed by atoms with E-state index >= 15 is 0 Å². The Morgan fingerprint density at radius 1 is 1.46 bits per heavy atom. The third-order valence-electron chi connectivity index (χ3n) is 1.90. The lowest BCUT2D eigenvalue weighted by Crippen LogP contribution is -2.30. The standard InChI is InChI=1S/C8H20N2O2S/c1-3-8(2)7-13(11,12)10-6-4-5-9/h8,10H,3-7,9H2,1-2H3. The smallest absolute Gasteiger partial charge is 0.211 e. The average molecular weight is 208 g/mol. The Kier molecular flexibility index (Phi) is 6.28. The van der Waals surface area contributed by atoms with Gasteiger partial charge in [0.05, 0.1) is 5.75 Å². The molecule has 0 radical (unpaired) electrons. The van der Waals surface area contributed by atoms with Gasteiger partial charge in [0.1, 0.15) is 0 Å². The number of rotatable bonds is 7. The van der Waals surface area contributed by atoms with Crippen LogP contribution in [0.5, 0.6) is 0 Å². The largest absolute Gasteiger partial charge is 0.330 e. The Balaban J connectivity index is 3.81. The highest BCUT2D eigenvalue weighted by Gasteiger charge is 2.12. The summed E-state index contributed by atoms with van der Waals surface area (Å²) in [4.78, 5) is 0. The van der Waals surface area contributed by atoms with Gasteiger partial charge in [-0.3, -0.25) is 0 Å². The highest BCUT2D eigenvalue weighted by atomic mass is 32.2. The molecule has 0 aromatic carbocycles. The van der Waals surface area contributed by atoms with Crippen molar-refractivity contribution >= 4 is 10.0 Å². The number of nitrogens with one attached hydrogen (secondary N) is 1. The lowest BCUT2D eigenvalue weighted by atomic mass is 10.2. The van der Waals surface area contributed by atoms with Crippen molar-refractivity contribution in [2.75, 3.05) is 18.8 Å². The van der Waals surface area contributed by atoms with Crippen molar-refractivity contribution in [2.45, 2.75) is 26.7 Å². The van der Waals surface area contributed by atoms with Gasteiger partial charge in [-0.15, -0.1) is 0 Å². The van der Waals surface area contributed by atoms with E-state index in [2.05, 4.69) is 4.72 Å². The molecule has 0 amide bonds. The topological polar surface area (TPSA) is 72.2 Å². The van der Waals surface area contributed by atoms with Gasteiger partial charge in [0, 0.05) is 6.54 Å². The van der Waals surface area contributed by atoms with Crippen LogP contribution >= 0.6 is 0 Å². The Morgan fingerprint density at radius 2 is 2.08 bits per heavy atom. The highest BCUT2D eigenvalue weighted by molar-refractivity contribution is 7.89. The molecule has 0 bridgehead atoms. The Morgan fingerprint density at radius 3 is 2.54 bits per heavy atom. The van der Waals surface area contributed by atoms with Gasteiger partial charge < -0.3 is 5.73 Å². The minimum absolute atomic E-state index is 0.216. The monoisotopic (exact) mass is 208 g/mol. The lowest BCUT2D eigenvalue weighted by molar-refractivity contribution is 0.551. The molecule has 80 valence electrons. The van der Waals surface area contributed by atoms with Gasteiger partial charge in [0.15, 0.2) is 0 Å². The second-order valence-corrected chi connectivity index (χ2v) is 5.18. The SMILES string of the molecule is CCC(C)CS(=O)(=O)NCCCN. The molecule has 0 saturated heterocycles. The summed E-state index contributed by atoms with van der Waals surface area (Å²) >= 11 is 0. The van der Waals surface area contributed by atoms with Gasteiger partial charge in [-0.1, -0.05) is 20.3 Å². The molecular formula is C8H20N2O2S. The number of hydrogen-bond donors (Lipinski definition) is 2. The molecule has 0 saturated carbocycles. The van der Waals surface area contributed by atoms with Crippen LogP contribution in [0.1, 0.15) is 26.7 Å². The van der Waals surface area contributed by atoms with Crippen molar-refractivity contribution in [1.82, 2.24) is 4.72 Å². The number of nitrogens with two attached hydrogens (primary N) is 1. The second-order valence-electron chi connectivity index (χ2n) is 3.33.